The monoisotopic (exact) mass is 239 g/mol. The van der Waals surface area contributed by atoms with Gasteiger partial charge in [0.05, 0.1) is 6.10 Å². The van der Waals surface area contributed by atoms with Gasteiger partial charge in [0.25, 0.3) is 0 Å². The largest absolute Gasteiger partial charge is 0.377 e. The minimum Gasteiger partial charge on any atom is -0.377 e. The van der Waals surface area contributed by atoms with Crippen molar-refractivity contribution in [3.05, 3.63) is 35.6 Å². The second kappa shape index (κ2) is 7.41. The van der Waals surface area contributed by atoms with Gasteiger partial charge < -0.3 is 10.5 Å². The minimum atomic E-state index is -0.185. The van der Waals surface area contributed by atoms with Crippen LogP contribution in [-0.4, -0.2) is 18.8 Å². The van der Waals surface area contributed by atoms with Crippen molar-refractivity contribution in [2.45, 2.75) is 45.3 Å². The molecule has 0 amide bonds. The SMILES string of the molecule is CCCC(OCC)C(N)Cc1ccccc1F. The molecule has 96 valence electrons. The molecule has 0 spiro atoms. The van der Waals surface area contributed by atoms with Gasteiger partial charge in [0.2, 0.25) is 0 Å². The van der Waals surface area contributed by atoms with E-state index in [1.807, 2.05) is 13.0 Å². The second-order valence-corrected chi connectivity index (χ2v) is 4.24. The highest BCUT2D eigenvalue weighted by Gasteiger charge is 2.18. The zero-order valence-corrected chi connectivity index (χ0v) is 10.7. The summed E-state index contributed by atoms with van der Waals surface area (Å²) in [6, 6.07) is 6.63. The predicted molar refractivity (Wildman–Crippen MR) is 68.4 cm³/mol. The van der Waals surface area contributed by atoms with E-state index in [2.05, 4.69) is 6.92 Å². The fraction of sp³-hybridized carbons (Fsp3) is 0.571. The molecule has 1 aromatic carbocycles. The summed E-state index contributed by atoms with van der Waals surface area (Å²) in [5, 5.41) is 0. The summed E-state index contributed by atoms with van der Waals surface area (Å²) in [4.78, 5) is 0. The van der Waals surface area contributed by atoms with E-state index in [0.717, 1.165) is 12.8 Å². The topological polar surface area (TPSA) is 35.2 Å². The van der Waals surface area contributed by atoms with Crippen molar-refractivity contribution in [3.63, 3.8) is 0 Å². The Morgan fingerprint density at radius 2 is 2.00 bits per heavy atom. The quantitative estimate of drug-likeness (QED) is 0.794. The van der Waals surface area contributed by atoms with Crippen molar-refractivity contribution in [3.8, 4) is 0 Å². The Kier molecular flexibility index (Phi) is 6.16. The van der Waals surface area contributed by atoms with Gasteiger partial charge in [-0.3, -0.25) is 0 Å². The van der Waals surface area contributed by atoms with Crippen molar-refractivity contribution in [2.75, 3.05) is 6.61 Å². The molecule has 2 atom stereocenters. The van der Waals surface area contributed by atoms with Gasteiger partial charge in [-0.15, -0.1) is 0 Å². The molecule has 0 aromatic heterocycles. The standard InChI is InChI=1S/C14H22FNO/c1-3-7-14(17-4-2)13(16)10-11-8-5-6-9-12(11)15/h5-6,8-9,13-14H,3-4,7,10,16H2,1-2H3. The van der Waals surface area contributed by atoms with Crippen LogP contribution in [0, 0.1) is 5.82 Å². The zero-order valence-electron chi connectivity index (χ0n) is 10.7. The molecular weight excluding hydrogens is 217 g/mol. The molecule has 0 saturated carbocycles. The zero-order chi connectivity index (χ0) is 12.7. The van der Waals surface area contributed by atoms with Gasteiger partial charge >= 0.3 is 0 Å². The van der Waals surface area contributed by atoms with Crippen molar-refractivity contribution < 1.29 is 9.13 Å². The van der Waals surface area contributed by atoms with Gasteiger partial charge in [-0.2, -0.15) is 0 Å². The summed E-state index contributed by atoms with van der Waals surface area (Å²) < 4.78 is 19.1. The molecule has 1 aromatic rings. The number of rotatable bonds is 7. The number of ether oxygens (including phenoxy) is 1. The normalized spacial score (nSPS) is 14.6. The van der Waals surface area contributed by atoms with Gasteiger partial charge in [-0.05, 0) is 31.4 Å². The van der Waals surface area contributed by atoms with Crippen molar-refractivity contribution in [1.82, 2.24) is 0 Å². The molecular formula is C14H22FNO. The lowest BCUT2D eigenvalue weighted by Gasteiger charge is -2.23. The summed E-state index contributed by atoms with van der Waals surface area (Å²) in [7, 11) is 0. The first-order valence-electron chi connectivity index (χ1n) is 6.29. The summed E-state index contributed by atoms with van der Waals surface area (Å²) in [5.41, 5.74) is 6.77. The average molecular weight is 239 g/mol. The Hall–Kier alpha value is -0.930. The van der Waals surface area contributed by atoms with Gasteiger partial charge in [0.1, 0.15) is 5.82 Å². The summed E-state index contributed by atoms with van der Waals surface area (Å²) in [5.74, 6) is -0.185. The maximum atomic E-state index is 13.5. The highest BCUT2D eigenvalue weighted by Crippen LogP contribution is 2.14. The molecule has 0 radical (unpaired) electrons. The Labute approximate surface area is 103 Å². The van der Waals surface area contributed by atoms with Gasteiger partial charge in [0.15, 0.2) is 0 Å². The molecule has 17 heavy (non-hydrogen) atoms. The van der Waals surface area contributed by atoms with Crippen LogP contribution in [0.4, 0.5) is 4.39 Å². The lowest BCUT2D eigenvalue weighted by Crippen LogP contribution is -2.38. The molecule has 2 unspecified atom stereocenters. The highest BCUT2D eigenvalue weighted by atomic mass is 19.1. The van der Waals surface area contributed by atoms with Crippen LogP contribution in [0.1, 0.15) is 32.3 Å². The Morgan fingerprint density at radius 1 is 1.29 bits per heavy atom. The lowest BCUT2D eigenvalue weighted by atomic mass is 9.99. The van der Waals surface area contributed by atoms with E-state index in [-0.39, 0.29) is 18.0 Å². The molecule has 0 aliphatic carbocycles. The van der Waals surface area contributed by atoms with E-state index >= 15 is 0 Å². The molecule has 0 saturated heterocycles. The molecule has 2 nitrogen and oxygen atoms in total. The minimum absolute atomic E-state index is 0.0182. The second-order valence-electron chi connectivity index (χ2n) is 4.24. The van der Waals surface area contributed by atoms with E-state index < -0.39 is 0 Å². The van der Waals surface area contributed by atoms with Crippen LogP contribution in [0.3, 0.4) is 0 Å². The molecule has 1 rings (SSSR count). The van der Waals surface area contributed by atoms with Crippen LogP contribution >= 0.6 is 0 Å². The van der Waals surface area contributed by atoms with Crippen LogP contribution in [-0.2, 0) is 11.2 Å². The van der Waals surface area contributed by atoms with Crippen LogP contribution in [0.5, 0.6) is 0 Å². The van der Waals surface area contributed by atoms with E-state index in [0.29, 0.717) is 18.6 Å². The first-order valence-corrected chi connectivity index (χ1v) is 6.29. The molecule has 0 aliphatic heterocycles. The lowest BCUT2D eigenvalue weighted by molar-refractivity contribution is 0.0377. The number of hydrogen-bond acceptors (Lipinski definition) is 2. The molecule has 0 aliphatic rings. The molecule has 2 N–H and O–H groups in total. The van der Waals surface area contributed by atoms with E-state index in [1.54, 1.807) is 12.1 Å². The summed E-state index contributed by atoms with van der Waals surface area (Å²) in [6.45, 7) is 4.70. The van der Waals surface area contributed by atoms with Crippen molar-refractivity contribution >= 4 is 0 Å². The highest BCUT2D eigenvalue weighted by molar-refractivity contribution is 5.18. The Morgan fingerprint density at radius 3 is 2.59 bits per heavy atom. The first-order chi connectivity index (χ1) is 8.19. The van der Waals surface area contributed by atoms with Crippen LogP contribution in [0.25, 0.3) is 0 Å². The predicted octanol–water partition coefficient (Wildman–Crippen LogP) is 2.90. The van der Waals surface area contributed by atoms with Gasteiger partial charge in [-0.1, -0.05) is 31.5 Å². The Balaban J connectivity index is 2.62. The maximum absolute atomic E-state index is 13.5. The number of nitrogens with two attached hydrogens (primary N) is 1. The van der Waals surface area contributed by atoms with Crippen molar-refractivity contribution in [1.29, 1.82) is 0 Å². The molecule has 0 bridgehead atoms. The van der Waals surface area contributed by atoms with E-state index in [1.165, 1.54) is 6.07 Å². The maximum Gasteiger partial charge on any atom is 0.126 e. The van der Waals surface area contributed by atoms with Crippen LogP contribution in [0.2, 0.25) is 0 Å². The average Bonchev–Trinajstić information content (AvgIpc) is 2.32. The Bertz CT molecular complexity index is 324. The summed E-state index contributed by atoms with van der Waals surface area (Å²) >= 11 is 0. The third kappa shape index (κ3) is 4.44. The molecule has 3 heteroatoms. The smallest absolute Gasteiger partial charge is 0.126 e. The van der Waals surface area contributed by atoms with Gasteiger partial charge in [-0.25, -0.2) is 4.39 Å². The van der Waals surface area contributed by atoms with Crippen LogP contribution < -0.4 is 5.73 Å². The molecule has 0 fully saturated rings. The van der Waals surface area contributed by atoms with Gasteiger partial charge in [0, 0.05) is 12.6 Å². The summed E-state index contributed by atoms with van der Waals surface area (Å²) in [6.07, 6.45) is 2.49. The fourth-order valence-corrected chi connectivity index (χ4v) is 1.97. The number of benzene rings is 1. The molecule has 0 heterocycles. The number of halogens is 1. The third-order valence-corrected chi connectivity index (χ3v) is 2.84. The third-order valence-electron chi connectivity index (χ3n) is 2.84. The van der Waals surface area contributed by atoms with Crippen molar-refractivity contribution in [2.24, 2.45) is 5.73 Å². The first kappa shape index (κ1) is 14.1. The number of hydrogen-bond donors (Lipinski definition) is 1. The van der Waals surface area contributed by atoms with E-state index in [4.69, 9.17) is 10.5 Å². The fourth-order valence-electron chi connectivity index (χ4n) is 1.97. The van der Waals surface area contributed by atoms with Crippen LogP contribution in [0.15, 0.2) is 24.3 Å². The van der Waals surface area contributed by atoms with E-state index in [9.17, 15) is 4.39 Å².